The second kappa shape index (κ2) is 7.16. The summed E-state index contributed by atoms with van der Waals surface area (Å²) in [6.45, 7) is 2.34. The lowest BCUT2D eigenvalue weighted by Gasteiger charge is -2.03. The molecule has 0 radical (unpaired) electrons. The molecule has 0 spiro atoms. The maximum absolute atomic E-state index is 11.3. The van der Waals surface area contributed by atoms with Crippen LogP contribution in [0.3, 0.4) is 0 Å². The molecule has 0 amide bonds. The van der Waals surface area contributed by atoms with Gasteiger partial charge in [0.05, 0.1) is 12.7 Å². The van der Waals surface area contributed by atoms with Crippen LogP contribution in [-0.4, -0.2) is 19.7 Å². The molecule has 0 aliphatic rings. The summed E-state index contributed by atoms with van der Waals surface area (Å²) >= 11 is 0. The van der Waals surface area contributed by atoms with E-state index in [9.17, 15) is 4.79 Å². The summed E-state index contributed by atoms with van der Waals surface area (Å²) in [7, 11) is 1.35. The smallest absolute Gasteiger partial charge is 0.337 e. The van der Waals surface area contributed by atoms with Gasteiger partial charge in [0, 0.05) is 5.56 Å². The van der Waals surface area contributed by atoms with Crippen molar-refractivity contribution in [3.63, 3.8) is 0 Å². The first-order valence-electron chi connectivity index (χ1n) is 6.56. The van der Waals surface area contributed by atoms with Gasteiger partial charge in [0.2, 0.25) is 0 Å². The highest BCUT2D eigenvalue weighted by atomic mass is 16.5. The van der Waals surface area contributed by atoms with E-state index in [4.69, 9.17) is 4.74 Å². The van der Waals surface area contributed by atoms with Crippen molar-refractivity contribution in [1.29, 1.82) is 0 Å². The van der Waals surface area contributed by atoms with Crippen molar-refractivity contribution < 1.29 is 14.3 Å². The van der Waals surface area contributed by atoms with Gasteiger partial charge in [-0.1, -0.05) is 29.5 Å². The number of benzene rings is 2. The minimum atomic E-state index is -0.360. The van der Waals surface area contributed by atoms with Crippen LogP contribution in [-0.2, 0) is 4.74 Å². The van der Waals surface area contributed by atoms with Crippen molar-refractivity contribution >= 4 is 5.97 Å². The van der Waals surface area contributed by atoms with Crippen LogP contribution in [0.1, 0.15) is 21.5 Å². The standard InChI is InChI=1S/C18H16O3/c1-14-5-7-15(8-6-14)4-3-13-21-17-11-9-16(10-12-17)18(19)20-2/h5-12H,13H2,1-2H3. The fourth-order valence-corrected chi connectivity index (χ4v) is 1.70. The van der Waals surface area contributed by atoms with E-state index in [1.165, 1.54) is 12.7 Å². The normalized spacial score (nSPS) is 9.43. The summed E-state index contributed by atoms with van der Waals surface area (Å²) in [6.07, 6.45) is 0. The summed E-state index contributed by atoms with van der Waals surface area (Å²) in [5.41, 5.74) is 2.67. The predicted molar refractivity (Wildman–Crippen MR) is 81.3 cm³/mol. The molecule has 0 atom stereocenters. The van der Waals surface area contributed by atoms with Crippen LogP contribution in [0.25, 0.3) is 0 Å². The average molecular weight is 280 g/mol. The molecule has 3 heteroatoms. The van der Waals surface area contributed by atoms with Gasteiger partial charge in [-0.05, 0) is 43.3 Å². The van der Waals surface area contributed by atoms with Gasteiger partial charge < -0.3 is 9.47 Å². The number of methoxy groups -OCH3 is 1. The molecule has 0 heterocycles. The van der Waals surface area contributed by atoms with E-state index >= 15 is 0 Å². The van der Waals surface area contributed by atoms with E-state index in [1.807, 2.05) is 31.2 Å². The van der Waals surface area contributed by atoms with Gasteiger partial charge in [-0.15, -0.1) is 0 Å². The van der Waals surface area contributed by atoms with Crippen molar-refractivity contribution in [3.05, 3.63) is 65.2 Å². The summed E-state index contributed by atoms with van der Waals surface area (Å²) in [5, 5.41) is 0. The molecule has 2 aromatic carbocycles. The topological polar surface area (TPSA) is 35.5 Å². The number of ether oxygens (including phenoxy) is 2. The molecule has 0 N–H and O–H groups in total. The van der Waals surface area contributed by atoms with Gasteiger partial charge in [-0.25, -0.2) is 4.79 Å². The van der Waals surface area contributed by atoms with Crippen LogP contribution in [0.2, 0.25) is 0 Å². The van der Waals surface area contributed by atoms with Crippen molar-refractivity contribution in [2.45, 2.75) is 6.92 Å². The highest BCUT2D eigenvalue weighted by Gasteiger charge is 2.03. The molecule has 0 aliphatic carbocycles. The minimum Gasteiger partial charge on any atom is -0.481 e. The van der Waals surface area contributed by atoms with E-state index < -0.39 is 0 Å². The van der Waals surface area contributed by atoms with E-state index in [0.29, 0.717) is 17.9 Å². The van der Waals surface area contributed by atoms with Crippen LogP contribution in [0.15, 0.2) is 48.5 Å². The van der Waals surface area contributed by atoms with Crippen molar-refractivity contribution in [3.8, 4) is 17.6 Å². The molecule has 0 aromatic heterocycles. The van der Waals surface area contributed by atoms with Crippen LogP contribution >= 0.6 is 0 Å². The molecule has 3 nitrogen and oxygen atoms in total. The van der Waals surface area contributed by atoms with E-state index in [2.05, 4.69) is 16.6 Å². The quantitative estimate of drug-likeness (QED) is 0.639. The molecule has 0 aliphatic heterocycles. The number of hydrogen-bond donors (Lipinski definition) is 0. The van der Waals surface area contributed by atoms with Crippen molar-refractivity contribution in [2.24, 2.45) is 0 Å². The third kappa shape index (κ3) is 4.39. The van der Waals surface area contributed by atoms with E-state index in [0.717, 1.165) is 5.56 Å². The lowest BCUT2D eigenvalue weighted by atomic mass is 10.2. The van der Waals surface area contributed by atoms with Gasteiger partial charge in [0.25, 0.3) is 0 Å². The fourth-order valence-electron chi connectivity index (χ4n) is 1.70. The van der Waals surface area contributed by atoms with Crippen molar-refractivity contribution in [2.75, 3.05) is 13.7 Å². The second-order valence-electron chi connectivity index (χ2n) is 4.47. The van der Waals surface area contributed by atoms with Gasteiger partial charge >= 0.3 is 5.97 Å². The fraction of sp³-hybridized carbons (Fsp3) is 0.167. The average Bonchev–Trinajstić information content (AvgIpc) is 2.53. The number of rotatable bonds is 3. The Morgan fingerprint density at radius 2 is 1.71 bits per heavy atom. The Labute approximate surface area is 124 Å². The van der Waals surface area contributed by atoms with Crippen LogP contribution in [0.4, 0.5) is 0 Å². The molecule has 0 unspecified atom stereocenters. The first kappa shape index (κ1) is 14.7. The SMILES string of the molecule is COC(=O)c1ccc(OCC#Cc2ccc(C)cc2)cc1. The molecular formula is C18H16O3. The Hall–Kier alpha value is -2.73. The first-order valence-corrected chi connectivity index (χ1v) is 6.56. The van der Waals surface area contributed by atoms with Gasteiger partial charge in [-0.2, -0.15) is 0 Å². The number of hydrogen-bond acceptors (Lipinski definition) is 3. The third-order valence-corrected chi connectivity index (χ3v) is 2.87. The molecule has 0 saturated heterocycles. The Bertz CT molecular complexity index is 658. The van der Waals surface area contributed by atoms with Gasteiger partial charge in [0.1, 0.15) is 12.4 Å². The lowest BCUT2D eigenvalue weighted by molar-refractivity contribution is 0.0600. The van der Waals surface area contributed by atoms with E-state index in [-0.39, 0.29) is 5.97 Å². The molecular weight excluding hydrogens is 264 g/mol. The van der Waals surface area contributed by atoms with E-state index in [1.54, 1.807) is 24.3 Å². The number of carbonyl (C=O) groups excluding carboxylic acids is 1. The lowest BCUT2D eigenvalue weighted by Crippen LogP contribution is -2.01. The monoisotopic (exact) mass is 280 g/mol. The molecule has 0 saturated carbocycles. The van der Waals surface area contributed by atoms with Crippen LogP contribution in [0.5, 0.6) is 5.75 Å². The predicted octanol–water partition coefficient (Wildman–Crippen LogP) is 3.21. The zero-order valence-electron chi connectivity index (χ0n) is 12.1. The molecule has 2 rings (SSSR count). The first-order chi connectivity index (χ1) is 10.2. The zero-order valence-corrected chi connectivity index (χ0v) is 12.1. The molecule has 0 fully saturated rings. The molecule has 106 valence electrons. The van der Waals surface area contributed by atoms with Crippen molar-refractivity contribution in [1.82, 2.24) is 0 Å². The summed E-state index contributed by atoms with van der Waals surface area (Å²) < 4.78 is 10.1. The second-order valence-corrected chi connectivity index (χ2v) is 4.47. The Morgan fingerprint density at radius 1 is 1.05 bits per heavy atom. The van der Waals surface area contributed by atoms with Crippen LogP contribution in [0, 0.1) is 18.8 Å². The van der Waals surface area contributed by atoms with Gasteiger partial charge in [0.15, 0.2) is 0 Å². The Morgan fingerprint density at radius 3 is 2.33 bits per heavy atom. The summed E-state index contributed by atoms with van der Waals surface area (Å²) in [5.74, 6) is 6.29. The highest BCUT2D eigenvalue weighted by molar-refractivity contribution is 5.89. The Kier molecular flexibility index (Phi) is 5.00. The largest absolute Gasteiger partial charge is 0.481 e. The number of esters is 1. The zero-order chi connectivity index (χ0) is 15.1. The summed E-state index contributed by atoms with van der Waals surface area (Å²) in [4.78, 5) is 11.3. The third-order valence-electron chi connectivity index (χ3n) is 2.87. The minimum absolute atomic E-state index is 0.297. The number of aryl methyl sites for hydroxylation is 1. The number of carbonyl (C=O) groups is 1. The molecule has 21 heavy (non-hydrogen) atoms. The maximum Gasteiger partial charge on any atom is 0.337 e. The van der Waals surface area contributed by atoms with Gasteiger partial charge in [-0.3, -0.25) is 0 Å². The Balaban J connectivity index is 1.89. The molecule has 2 aromatic rings. The van der Waals surface area contributed by atoms with Crippen LogP contribution < -0.4 is 4.74 Å². The summed E-state index contributed by atoms with van der Waals surface area (Å²) in [6, 6.07) is 14.8. The molecule has 0 bridgehead atoms. The highest BCUT2D eigenvalue weighted by Crippen LogP contribution is 2.12. The maximum atomic E-state index is 11.3.